The quantitative estimate of drug-likeness (QED) is 0.537. The van der Waals surface area contributed by atoms with Crippen molar-refractivity contribution in [2.24, 2.45) is 0 Å². The van der Waals surface area contributed by atoms with Gasteiger partial charge in [0.05, 0.1) is 12.0 Å². The van der Waals surface area contributed by atoms with Gasteiger partial charge < -0.3 is 9.15 Å². The van der Waals surface area contributed by atoms with E-state index in [-0.39, 0.29) is 16.0 Å². The van der Waals surface area contributed by atoms with Crippen molar-refractivity contribution in [1.29, 1.82) is 0 Å². The van der Waals surface area contributed by atoms with E-state index in [2.05, 4.69) is 0 Å². The summed E-state index contributed by atoms with van der Waals surface area (Å²) in [4.78, 5) is 11.5. The van der Waals surface area contributed by atoms with Crippen molar-refractivity contribution < 1.29 is 22.0 Å². The van der Waals surface area contributed by atoms with Crippen molar-refractivity contribution in [2.75, 3.05) is 7.11 Å². The summed E-state index contributed by atoms with van der Waals surface area (Å²) in [7, 11) is -2.65. The molecule has 5 nitrogen and oxygen atoms in total. The summed E-state index contributed by atoms with van der Waals surface area (Å²) in [6, 6.07) is 9.31. The van der Waals surface area contributed by atoms with Crippen molar-refractivity contribution in [3.05, 3.63) is 64.3 Å². The van der Waals surface area contributed by atoms with Gasteiger partial charge in [-0.2, -0.15) is 0 Å². The Bertz CT molecular complexity index is 1100. The molecule has 0 amide bonds. The average Bonchev–Trinajstić information content (AvgIpc) is 2.55. The fraction of sp³-hybridized carbons (Fsp3) is 0.118. The highest BCUT2D eigenvalue weighted by atomic mass is 32.2. The molecule has 3 aromatic rings. The highest BCUT2D eigenvalue weighted by Crippen LogP contribution is 2.25. The molecule has 3 rings (SSSR count). The van der Waals surface area contributed by atoms with Crippen LogP contribution in [-0.2, 0) is 9.84 Å². The molecule has 7 heteroatoms. The van der Waals surface area contributed by atoms with Gasteiger partial charge in [0.15, 0.2) is 4.90 Å². The summed E-state index contributed by atoms with van der Waals surface area (Å²) < 4.78 is 48.9. The number of sulfone groups is 1. The molecule has 0 saturated carbocycles. The van der Waals surface area contributed by atoms with Crippen LogP contribution in [0.2, 0.25) is 0 Å². The second-order valence-electron chi connectivity index (χ2n) is 5.22. The average molecular weight is 348 g/mol. The maximum atomic E-state index is 13.4. The molecule has 24 heavy (non-hydrogen) atoms. The fourth-order valence-corrected chi connectivity index (χ4v) is 3.67. The second kappa shape index (κ2) is 5.76. The summed E-state index contributed by atoms with van der Waals surface area (Å²) in [5, 5.41) is 0.438. The predicted octanol–water partition coefficient (Wildman–Crippen LogP) is 3.08. The molecule has 0 bridgehead atoms. The highest BCUT2D eigenvalue weighted by molar-refractivity contribution is 7.91. The molecule has 0 radical (unpaired) electrons. The molecule has 1 aromatic heterocycles. The molecule has 124 valence electrons. The van der Waals surface area contributed by atoms with Crippen LogP contribution in [0.15, 0.2) is 61.5 Å². The highest BCUT2D eigenvalue weighted by Gasteiger charge is 2.24. The lowest BCUT2D eigenvalue weighted by Gasteiger charge is -2.07. The third-order valence-corrected chi connectivity index (χ3v) is 5.38. The topological polar surface area (TPSA) is 73.6 Å². The van der Waals surface area contributed by atoms with E-state index in [9.17, 15) is 17.6 Å². The largest absolute Gasteiger partial charge is 0.497 e. The van der Waals surface area contributed by atoms with Crippen molar-refractivity contribution in [1.82, 2.24) is 0 Å². The van der Waals surface area contributed by atoms with E-state index < -0.39 is 26.2 Å². The molecule has 0 aliphatic rings. The number of halogens is 1. The van der Waals surface area contributed by atoms with Gasteiger partial charge in [0.2, 0.25) is 9.84 Å². The van der Waals surface area contributed by atoms with E-state index >= 15 is 0 Å². The third kappa shape index (κ3) is 2.67. The molecule has 2 aromatic carbocycles. The lowest BCUT2D eigenvalue weighted by molar-refractivity contribution is 0.414. The van der Waals surface area contributed by atoms with E-state index in [1.54, 1.807) is 12.1 Å². The molecule has 0 unspecified atom stereocenters. The Morgan fingerprint density at radius 2 is 1.83 bits per heavy atom. The first-order valence-electron chi connectivity index (χ1n) is 6.96. The number of hydrogen-bond donors (Lipinski definition) is 0. The van der Waals surface area contributed by atoms with Gasteiger partial charge in [0.25, 0.3) is 0 Å². The number of methoxy groups -OCH3 is 1. The number of aryl methyl sites for hydroxylation is 1. The van der Waals surface area contributed by atoms with Crippen LogP contribution in [0.3, 0.4) is 0 Å². The lowest BCUT2D eigenvalue weighted by Crippen LogP contribution is -2.14. The second-order valence-corrected chi connectivity index (χ2v) is 7.13. The zero-order valence-electron chi connectivity index (χ0n) is 12.9. The summed E-state index contributed by atoms with van der Waals surface area (Å²) >= 11 is 0. The van der Waals surface area contributed by atoms with Crippen LogP contribution in [0.1, 0.15) is 5.56 Å². The van der Waals surface area contributed by atoms with Gasteiger partial charge in [-0.25, -0.2) is 17.6 Å². The van der Waals surface area contributed by atoms with Crippen LogP contribution in [0.5, 0.6) is 5.75 Å². The predicted molar refractivity (Wildman–Crippen MR) is 85.6 cm³/mol. The molecule has 0 aliphatic heterocycles. The SMILES string of the molecule is COc1ccc2cc(S(=O)(=O)c3ccc(F)c(C)c3)c(=O)oc2c1. The zero-order chi connectivity index (χ0) is 17.5. The molecular weight excluding hydrogens is 335 g/mol. The molecule has 0 N–H and O–H groups in total. The zero-order valence-corrected chi connectivity index (χ0v) is 13.7. The standard InChI is InChI=1S/C17H13FO5S/c1-10-7-13(5-6-14(10)18)24(20,21)16-8-11-3-4-12(22-2)9-15(11)23-17(16)19/h3-9H,1-2H3. The number of benzene rings is 2. The molecule has 0 saturated heterocycles. The molecule has 0 aliphatic carbocycles. The summed E-state index contributed by atoms with van der Waals surface area (Å²) in [6.45, 7) is 1.45. The van der Waals surface area contributed by atoms with E-state index in [1.807, 2.05) is 0 Å². The minimum Gasteiger partial charge on any atom is -0.497 e. The first-order chi connectivity index (χ1) is 11.3. The van der Waals surface area contributed by atoms with Gasteiger partial charge in [-0.05, 0) is 48.9 Å². The Hall–Kier alpha value is -2.67. The van der Waals surface area contributed by atoms with Gasteiger partial charge in [-0.3, -0.25) is 0 Å². The smallest absolute Gasteiger partial charge is 0.355 e. The first kappa shape index (κ1) is 16.2. The van der Waals surface area contributed by atoms with E-state index in [1.165, 1.54) is 32.2 Å². The van der Waals surface area contributed by atoms with Gasteiger partial charge in [-0.15, -0.1) is 0 Å². The molecule has 0 atom stereocenters. The minimum atomic E-state index is -4.12. The van der Waals surface area contributed by atoms with Gasteiger partial charge in [0.1, 0.15) is 17.1 Å². The lowest BCUT2D eigenvalue weighted by atomic mass is 10.2. The molecule has 0 fully saturated rings. The number of rotatable bonds is 3. The van der Waals surface area contributed by atoms with Crippen molar-refractivity contribution in [2.45, 2.75) is 16.7 Å². The van der Waals surface area contributed by atoms with Crippen molar-refractivity contribution in [3.8, 4) is 5.75 Å². The van der Waals surface area contributed by atoms with Crippen LogP contribution < -0.4 is 10.4 Å². The molecular formula is C17H13FO5S. The number of hydrogen-bond acceptors (Lipinski definition) is 5. The fourth-order valence-electron chi connectivity index (χ4n) is 2.30. The molecule has 0 spiro atoms. The van der Waals surface area contributed by atoms with Crippen LogP contribution in [0.4, 0.5) is 4.39 Å². The van der Waals surface area contributed by atoms with Crippen LogP contribution in [-0.4, -0.2) is 15.5 Å². The molecule has 1 heterocycles. The Kier molecular flexibility index (Phi) is 3.88. The van der Waals surface area contributed by atoms with Crippen molar-refractivity contribution in [3.63, 3.8) is 0 Å². The van der Waals surface area contributed by atoms with Gasteiger partial charge in [0, 0.05) is 11.5 Å². The summed E-state index contributed by atoms with van der Waals surface area (Å²) in [6.07, 6.45) is 0. The van der Waals surface area contributed by atoms with Gasteiger partial charge in [-0.1, -0.05) is 0 Å². The maximum Gasteiger partial charge on any atom is 0.355 e. The minimum absolute atomic E-state index is 0.165. The monoisotopic (exact) mass is 348 g/mol. The van der Waals surface area contributed by atoms with Crippen LogP contribution >= 0.6 is 0 Å². The van der Waals surface area contributed by atoms with E-state index in [4.69, 9.17) is 9.15 Å². The van der Waals surface area contributed by atoms with E-state index in [0.717, 1.165) is 12.1 Å². The van der Waals surface area contributed by atoms with Crippen LogP contribution in [0, 0.1) is 12.7 Å². The third-order valence-electron chi connectivity index (χ3n) is 3.64. The summed E-state index contributed by atoms with van der Waals surface area (Å²) in [5.74, 6) is -0.0398. The number of fused-ring (bicyclic) bond motifs is 1. The Morgan fingerprint density at radius 1 is 1.08 bits per heavy atom. The Balaban J connectivity index is 2.22. The number of ether oxygens (including phenoxy) is 1. The van der Waals surface area contributed by atoms with Crippen molar-refractivity contribution >= 4 is 20.8 Å². The Labute approximate surface area is 137 Å². The Morgan fingerprint density at radius 3 is 2.50 bits per heavy atom. The summed E-state index contributed by atoms with van der Waals surface area (Å²) in [5.41, 5.74) is -0.600. The van der Waals surface area contributed by atoms with E-state index in [0.29, 0.717) is 11.1 Å². The van der Waals surface area contributed by atoms with Crippen LogP contribution in [0.25, 0.3) is 11.0 Å². The maximum absolute atomic E-state index is 13.4. The van der Waals surface area contributed by atoms with Gasteiger partial charge >= 0.3 is 5.63 Å². The normalized spacial score (nSPS) is 11.6. The first-order valence-corrected chi connectivity index (χ1v) is 8.44.